The monoisotopic (exact) mass is 610 g/mol. The summed E-state index contributed by atoms with van der Waals surface area (Å²) in [6, 6.07) is 11.8. The molecule has 6 nitrogen and oxygen atoms in total. The Kier molecular flexibility index (Phi) is 10.1. The van der Waals surface area contributed by atoms with Gasteiger partial charge in [-0.1, -0.05) is 36.4 Å². The van der Waals surface area contributed by atoms with Gasteiger partial charge >= 0.3 is 11.9 Å². The quantitative estimate of drug-likeness (QED) is 0.274. The van der Waals surface area contributed by atoms with Crippen molar-refractivity contribution in [2.24, 2.45) is 0 Å². The molecule has 0 aliphatic carbocycles. The van der Waals surface area contributed by atoms with Gasteiger partial charge in [-0.05, 0) is 57.4 Å². The van der Waals surface area contributed by atoms with Crippen LogP contribution in [0.15, 0.2) is 58.1 Å². The van der Waals surface area contributed by atoms with Crippen molar-refractivity contribution in [3.8, 4) is 0 Å². The van der Waals surface area contributed by atoms with Gasteiger partial charge in [0.05, 0.1) is 12.1 Å². The third-order valence-electron chi connectivity index (χ3n) is 8.00. The number of nitrogens with zero attached hydrogens (tertiary/aromatic N) is 4. The summed E-state index contributed by atoms with van der Waals surface area (Å²) in [6.07, 6.45) is -3.99. The summed E-state index contributed by atoms with van der Waals surface area (Å²) in [5, 5.41) is 0. The van der Waals surface area contributed by atoms with Gasteiger partial charge in [0.15, 0.2) is 0 Å². The first-order valence-electron chi connectivity index (χ1n) is 14.3. The van der Waals surface area contributed by atoms with E-state index in [1.54, 1.807) is 4.90 Å². The summed E-state index contributed by atoms with van der Waals surface area (Å²) in [7, 11) is 0. The van der Waals surface area contributed by atoms with Gasteiger partial charge in [0.2, 0.25) is 0 Å². The van der Waals surface area contributed by atoms with Crippen molar-refractivity contribution in [3.63, 3.8) is 0 Å². The lowest BCUT2D eigenvalue weighted by Crippen LogP contribution is -2.51. The molecule has 0 bridgehead atoms. The molecule has 43 heavy (non-hydrogen) atoms. The van der Waals surface area contributed by atoms with Crippen molar-refractivity contribution in [1.82, 2.24) is 14.0 Å². The molecule has 2 heterocycles. The molecule has 1 atom stereocenters. The molecule has 1 aromatic heterocycles. The number of anilines is 1. The maximum absolute atomic E-state index is 14.8. The van der Waals surface area contributed by atoms with E-state index < -0.39 is 53.3 Å². The highest BCUT2D eigenvalue weighted by Gasteiger charge is 2.35. The number of halogens is 6. The number of hydrogen-bond donors (Lipinski definition) is 0. The van der Waals surface area contributed by atoms with E-state index in [0.717, 1.165) is 32.9 Å². The molecule has 0 amide bonds. The number of benzene rings is 2. The van der Waals surface area contributed by atoms with Crippen molar-refractivity contribution in [2.75, 3.05) is 44.3 Å². The van der Waals surface area contributed by atoms with E-state index in [9.17, 15) is 35.9 Å². The topological polar surface area (TPSA) is 50.5 Å². The highest BCUT2D eigenvalue weighted by atomic mass is 19.4. The Bertz CT molecular complexity index is 1510. The fraction of sp³-hybridized carbons (Fsp3) is 0.484. The molecule has 1 fully saturated rings. The zero-order valence-corrected chi connectivity index (χ0v) is 24.3. The van der Waals surface area contributed by atoms with Gasteiger partial charge in [-0.3, -0.25) is 18.8 Å². The minimum atomic E-state index is -4.85. The Morgan fingerprint density at radius 3 is 2.16 bits per heavy atom. The SMILES string of the molecule is Cc1c(N2CCN(CCCC(C)(F)CF)CC2)c(=O)n(CCc2ccccc2)c(=O)n1Cc1c(F)cccc1C(F)(F)F. The van der Waals surface area contributed by atoms with Crippen LogP contribution < -0.4 is 16.1 Å². The lowest BCUT2D eigenvalue weighted by molar-refractivity contribution is -0.138. The number of aromatic nitrogens is 2. The van der Waals surface area contributed by atoms with Crippen LogP contribution in [-0.4, -0.2) is 59.1 Å². The first-order chi connectivity index (χ1) is 20.3. The van der Waals surface area contributed by atoms with Crippen LogP contribution in [0.5, 0.6) is 0 Å². The Morgan fingerprint density at radius 2 is 1.53 bits per heavy atom. The molecule has 1 aliphatic rings. The van der Waals surface area contributed by atoms with Crippen LogP contribution in [0, 0.1) is 12.7 Å². The summed E-state index contributed by atoms with van der Waals surface area (Å²) >= 11 is 0. The summed E-state index contributed by atoms with van der Waals surface area (Å²) < 4.78 is 85.0. The molecule has 3 aromatic rings. The predicted molar refractivity (Wildman–Crippen MR) is 154 cm³/mol. The highest BCUT2D eigenvalue weighted by molar-refractivity contribution is 5.50. The number of hydrogen-bond acceptors (Lipinski definition) is 4. The molecule has 0 radical (unpaired) electrons. The smallest absolute Gasteiger partial charge is 0.363 e. The van der Waals surface area contributed by atoms with Crippen molar-refractivity contribution in [2.45, 2.75) is 58.0 Å². The van der Waals surface area contributed by atoms with E-state index in [2.05, 4.69) is 4.90 Å². The number of rotatable bonds is 11. The van der Waals surface area contributed by atoms with Crippen molar-refractivity contribution in [3.05, 3.63) is 97.6 Å². The summed E-state index contributed by atoms with van der Waals surface area (Å²) in [5.41, 5.74) is -3.95. The van der Waals surface area contributed by atoms with E-state index >= 15 is 0 Å². The molecule has 1 aliphatic heterocycles. The van der Waals surface area contributed by atoms with Crippen LogP contribution in [0.25, 0.3) is 0 Å². The standard InChI is InChI=1S/C31H36F6N4O2/c1-22-27(39-18-16-38(17-19-39)14-7-13-30(2,34)21-32)28(42)40(15-12-23-8-4-3-5-9-23)29(43)41(22)20-24-25(31(35,36)37)10-6-11-26(24)33/h3-6,8-11H,7,12-21H2,1-2H3. The Morgan fingerprint density at radius 1 is 0.860 bits per heavy atom. The fourth-order valence-corrected chi connectivity index (χ4v) is 5.50. The third kappa shape index (κ3) is 7.70. The zero-order chi connectivity index (χ0) is 31.4. The van der Waals surface area contributed by atoms with Crippen molar-refractivity contribution < 1.29 is 26.3 Å². The molecule has 234 valence electrons. The molecular weight excluding hydrogens is 574 g/mol. The van der Waals surface area contributed by atoms with E-state index in [1.165, 1.54) is 13.8 Å². The minimum absolute atomic E-state index is 0.0190. The molecule has 4 rings (SSSR count). The zero-order valence-electron chi connectivity index (χ0n) is 24.3. The number of aryl methyl sites for hydroxylation is 1. The summed E-state index contributed by atoms with van der Waals surface area (Å²) in [4.78, 5) is 31.3. The van der Waals surface area contributed by atoms with E-state index in [-0.39, 0.29) is 24.3 Å². The Labute approximate surface area is 246 Å². The third-order valence-corrected chi connectivity index (χ3v) is 8.00. The van der Waals surface area contributed by atoms with Gasteiger partial charge in [-0.2, -0.15) is 13.2 Å². The van der Waals surface area contributed by atoms with Crippen LogP contribution in [0.1, 0.15) is 42.1 Å². The second kappa shape index (κ2) is 13.4. The molecule has 1 unspecified atom stereocenters. The first kappa shape index (κ1) is 32.4. The molecule has 0 spiro atoms. The van der Waals surface area contributed by atoms with Gasteiger partial charge in [0, 0.05) is 44.0 Å². The van der Waals surface area contributed by atoms with Gasteiger partial charge in [0.25, 0.3) is 5.56 Å². The minimum Gasteiger partial charge on any atom is -0.363 e. The Hall–Kier alpha value is -3.54. The maximum atomic E-state index is 14.8. The molecule has 12 heteroatoms. The van der Waals surface area contributed by atoms with E-state index in [0.29, 0.717) is 45.6 Å². The van der Waals surface area contributed by atoms with Crippen LogP contribution in [0.3, 0.4) is 0 Å². The van der Waals surface area contributed by atoms with Gasteiger partial charge < -0.3 is 4.90 Å². The first-order valence-corrected chi connectivity index (χ1v) is 14.3. The Balaban J connectivity index is 1.68. The maximum Gasteiger partial charge on any atom is 0.416 e. The molecule has 0 saturated carbocycles. The fourth-order valence-electron chi connectivity index (χ4n) is 5.50. The lowest BCUT2D eigenvalue weighted by Gasteiger charge is -2.37. The van der Waals surface area contributed by atoms with Crippen LogP contribution in [-0.2, 0) is 25.7 Å². The van der Waals surface area contributed by atoms with E-state index in [1.807, 2.05) is 30.3 Å². The highest BCUT2D eigenvalue weighted by Crippen LogP contribution is 2.33. The summed E-state index contributed by atoms with van der Waals surface area (Å²) in [6.45, 7) is 3.23. The second-order valence-electron chi connectivity index (χ2n) is 11.2. The molecule has 2 aromatic carbocycles. The van der Waals surface area contributed by atoms with Crippen molar-refractivity contribution in [1.29, 1.82) is 0 Å². The van der Waals surface area contributed by atoms with E-state index in [4.69, 9.17) is 0 Å². The van der Waals surface area contributed by atoms with Crippen LogP contribution in [0.2, 0.25) is 0 Å². The summed E-state index contributed by atoms with van der Waals surface area (Å²) in [5.74, 6) is -1.10. The number of piperazine rings is 1. The van der Waals surface area contributed by atoms with Crippen molar-refractivity contribution >= 4 is 5.69 Å². The molecule has 1 saturated heterocycles. The average molecular weight is 611 g/mol. The van der Waals surface area contributed by atoms with Crippen LogP contribution in [0.4, 0.5) is 32.0 Å². The average Bonchev–Trinajstić information content (AvgIpc) is 2.96. The lowest BCUT2D eigenvalue weighted by atomic mass is 10.0. The predicted octanol–water partition coefficient (Wildman–Crippen LogP) is 5.37. The second-order valence-corrected chi connectivity index (χ2v) is 11.2. The molecular formula is C31H36F6N4O2. The van der Waals surface area contributed by atoms with Gasteiger partial charge in [0.1, 0.15) is 23.8 Å². The van der Waals surface area contributed by atoms with Crippen LogP contribution >= 0.6 is 0 Å². The molecule has 0 N–H and O–H groups in total. The van der Waals surface area contributed by atoms with Gasteiger partial charge in [-0.25, -0.2) is 18.0 Å². The van der Waals surface area contributed by atoms with Gasteiger partial charge in [-0.15, -0.1) is 0 Å². The normalized spacial score (nSPS) is 16.0. The largest absolute Gasteiger partial charge is 0.416 e. The number of alkyl halides is 5.